The molecule has 0 aromatic heterocycles. The highest BCUT2D eigenvalue weighted by Crippen LogP contribution is 2.23. The molecule has 1 aromatic rings. The summed E-state index contributed by atoms with van der Waals surface area (Å²) in [7, 11) is 0. The van der Waals surface area contributed by atoms with Crippen LogP contribution in [0.15, 0.2) is 24.3 Å². The number of hydrogen-bond acceptors (Lipinski definition) is 3. The maximum absolute atomic E-state index is 10.9. The number of hydrogen-bond donors (Lipinski definition) is 1. The standard InChI is InChI=1S/C9H9ClO3/c1-6(11)9(12)13-8-5-3-2-4-7(8)10/h2-6,11H,1H3/t6-/m0/s1. The van der Waals surface area contributed by atoms with Gasteiger partial charge in [0.2, 0.25) is 0 Å². The van der Waals surface area contributed by atoms with E-state index < -0.39 is 12.1 Å². The van der Waals surface area contributed by atoms with Crippen LogP contribution in [-0.4, -0.2) is 17.2 Å². The van der Waals surface area contributed by atoms with E-state index in [2.05, 4.69) is 0 Å². The Hall–Kier alpha value is -1.06. The Morgan fingerprint density at radius 1 is 1.54 bits per heavy atom. The normalized spacial score (nSPS) is 12.2. The van der Waals surface area contributed by atoms with Crippen molar-refractivity contribution in [2.24, 2.45) is 0 Å². The number of aliphatic hydroxyl groups is 1. The lowest BCUT2D eigenvalue weighted by atomic mass is 10.3. The van der Waals surface area contributed by atoms with Gasteiger partial charge in [0, 0.05) is 0 Å². The van der Waals surface area contributed by atoms with Crippen molar-refractivity contribution in [2.75, 3.05) is 0 Å². The van der Waals surface area contributed by atoms with Crippen LogP contribution in [-0.2, 0) is 4.79 Å². The molecule has 0 bridgehead atoms. The van der Waals surface area contributed by atoms with Crippen molar-refractivity contribution in [1.29, 1.82) is 0 Å². The summed E-state index contributed by atoms with van der Waals surface area (Å²) in [5.74, 6) is -0.455. The fourth-order valence-electron chi connectivity index (χ4n) is 0.721. The highest BCUT2D eigenvalue weighted by molar-refractivity contribution is 6.32. The van der Waals surface area contributed by atoms with Gasteiger partial charge < -0.3 is 9.84 Å². The first-order chi connectivity index (χ1) is 6.11. The average molecular weight is 201 g/mol. The summed E-state index contributed by atoms with van der Waals surface area (Å²) in [6.07, 6.45) is -1.14. The van der Waals surface area contributed by atoms with Crippen molar-refractivity contribution in [2.45, 2.75) is 13.0 Å². The van der Waals surface area contributed by atoms with E-state index in [-0.39, 0.29) is 5.75 Å². The highest BCUT2D eigenvalue weighted by atomic mass is 35.5. The molecule has 0 heterocycles. The summed E-state index contributed by atoms with van der Waals surface area (Å²) >= 11 is 5.71. The second-order valence-corrected chi connectivity index (χ2v) is 2.93. The van der Waals surface area contributed by atoms with Crippen LogP contribution in [0.25, 0.3) is 0 Å². The van der Waals surface area contributed by atoms with Gasteiger partial charge in [-0.2, -0.15) is 0 Å². The monoisotopic (exact) mass is 200 g/mol. The Morgan fingerprint density at radius 2 is 2.15 bits per heavy atom. The van der Waals surface area contributed by atoms with Gasteiger partial charge in [0.1, 0.15) is 11.9 Å². The van der Waals surface area contributed by atoms with Crippen LogP contribution in [0.4, 0.5) is 0 Å². The van der Waals surface area contributed by atoms with Gasteiger partial charge in [-0.15, -0.1) is 0 Å². The predicted octanol–water partition coefficient (Wildman–Crippen LogP) is 1.63. The number of carbonyl (C=O) groups excluding carboxylic acids is 1. The molecule has 0 fully saturated rings. The molecule has 13 heavy (non-hydrogen) atoms. The maximum atomic E-state index is 10.9. The number of para-hydroxylation sites is 1. The molecule has 0 saturated carbocycles. The Bertz CT molecular complexity index is 309. The smallest absolute Gasteiger partial charge is 0.340 e. The quantitative estimate of drug-likeness (QED) is 0.583. The van der Waals surface area contributed by atoms with Crippen LogP contribution in [0.1, 0.15) is 6.92 Å². The first kappa shape index (κ1) is 10.0. The predicted molar refractivity (Wildman–Crippen MR) is 48.8 cm³/mol. The van der Waals surface area contributed by atoms with Crippen LogP contribution in [0.2, 0.25) is 5.02 Å². The van der Waals surface area contributed by atoms with E-state index >= 15 is 0 Å². The summed E-state index contributed by atoms with van der Waals surface area (Å²) in [6.45, 7) is 1.33. The molecular formula is C9H9ClO3. The number of esters is 1. The second-order valence-electron chi connectivity index (χ2n) is 2.53. The van der Waals surface area contributed by atoms with Gasteiger partial charge in [-0.25, -0.2) is 4.79 Å². The zero-order valence-corrected chi connectivity index (χ0v) is 7.78. The number of rotatable bonds is 2. The summed E-state index contributed by atoms with van der Waals surface area (Å²) in [5.41, 5.74) is 0. The molecule has 0 unspecified atom stereocenters. The summed E-state index contributed by atoms with van der Waals surface area (Å²) in [5, 5.41) is 9.20. The zero-order valence-electron chi connectivity index (χ0n) is 7.03. The fraction of sp³-hybridized carbons (Fsp3) is 0.222. The van der Waals surface area contributed by atoms with Crippen LogP contribution in [0.3, 0.4) is 0 Å². The van der Waals surface area contributed by atoms with Crippen molar-refractivity contribution in [1.82, 2.24) is 0 Å². The van der Waals surface area contributed by atoms with Gasteiger partial charge >= 0.3 is 5.97 Å². The molecule has 3 nitrogen and oxygen atoms in total. The van der Waals surface area contributed by atoms with Crippen LogP contribution < -0.4 is 4.74 Å². The van der Waals surface area contributed by atoms with E-state index in [1.54, 1.807) is 24.3 Å². The first-order valence-electron chi connectivity index (χ1n) is 3.75. The molecule has 0 spiro atoms. The maximum Gasteiger partial charge on any atom is 0.340 e. The molecule has 0 amide bonds. The molecule has 1 aromatic carbocycles. The Labute approximate surface area is 80.9 Å². The third-order valence-electron chi connectivity index (χ3n) is 1.39. The lowest BCUT2D eigenvalue weighted by molar-refractivity contribution is -0.142. The minimum Gasteiger partial charge on any atom is -0.423 e. The average Bonchev–Trinajstić information content (AvgIpc) is 2.08. The molecule has 1 rings (SSSR count). The van der Waals surface area contributed by atoms with E-state index in [0.717, 1.165) is 0 Å². The molecule has 70 valence electrons. The molecule has 4 heteroatoms. The minimum absolute atomic E-state index is 0.259. The van der Waals surface area contributed by atoms with Gasteiger partial charge in [-0.3, -0.25) is 0 Å². The number of benzene rings is 1. The molecule has 0 aliphatic heterocycles. The van der Waals surface area contributed by atoms with Crippen LogP contribution >= 0.6 is 11.6 Å². The van der Waals surface area contributed by atoms with Gasteiger partial charge in [0.05, 0.1) is 5.02 Å². The van der Waals surface area contributed by atoms with E-state index in [0.29, 0.717) is 5.02 Å². The number of ether oxygens (including phenoxy) is 1. The van der Waals surface area contributed by atoms with E-state index in [1.807, 2.05) is 0 Å². The Kier molecular flexibility index (Phi) is 3.28. The lowest BCUT2D eigenvalue weighted by Crippen LogP contribution is -2.22. The molecule has 0 radical (unpaired) electrons. The first-order valence-corrected chi connectivity index (χ1v) is 4.13. The van der Waals surface area contributed by atoms with Gasteiger partial charge in [0.15, 0.2) is 0 Å². The number of aliphatic hydroxyl groups excluding tert-OH is 1. The van der Waals surface area contributed by atoms with Crippen LogP contribution in [0, 0.1) is 0 Å². The van der Waals surface area contributed by atoms with Crippen molar-refractivity contribution in [3.8, 4) is 5.75 Å². The van der Waals surface area contributed by atoms with Crippen LogP contribution in [0.5, 0.6) is 5.75 Å². The van der Waals surface area contributed by atoms with E-state index in [9.17, 15) is 4.79 Å². The Balaban J connectivity index is 2.75. The SMILES string of the molecule is C[C@H](O)C(=O)Oc1ccccc1Cl. The minimum atomic E-state index is -1.14. The highest BCUT2D eigenvalue weighted by Gasteiger charge is 2.12. The number of halogens is 1. The van der Waals surface area contributed by atoms with Gasteiger partial charge in [-0.05, 0) is 19.1 Å². The van der Waals surface area contributed by atoms with Gasteiger partial charge in [-0.1, -0.05) is 23.7 Å². The fourth-order valence-corrected chi connectivity index (χ4v) is 0.895. The molecule has 0 saturated heterocycles. The number of carbonyl (C=O) groups is 1. The Morgan fingerprint density at radius 3 is 2.69 bits per heavy atom. The molecular weight excluding hydrogens is 192 g/mol. The summed E-state index contributed by atoms with van der Waals surface area (Å²) in [6, 6.07) is 6.58. The molecule has 1 N–H and O–H groups in total. The molecule has 0 aliphatic carbocycles. The zero-order chi connectivity index (χ0) is 9.84. The lowest BCUT2D eigenvalue weighted by Gasteiger charge is -2.06. The second kappa shape index (κ2) is 4.25. The summed E-state index contributed by atoms with van der Waals surface area (Å²) in [4.78, 5) is 10.9. The van der Waals surface area contributed by atoms with Crippen molar-refractivity contribution in [3.63, 3.8) is 0 Å². The topological polar surface area (TPSA) is 46.5 Å². The van der Waals surface area contributed by atoms with Crippen molar-refractivity contribution in [3.05, 3.63) is 29.3 Å². The molecule has 0 aliphatic rings. The summed E-state index contributed by atoms with van der Waals surface area (Å²) < 4.78 is 4.79. The largest absolute Gasteiger partial charge is 0.423 e. The van der Waals surface area contributed by atoms with Crippen molar-refractivity contribution >= 4 is 17.6 Å². The van der Waals surface area contributed by atoms with Crippen molar-refractivity contribution < 1.29 is 14.6 Å². The third-order valence-corrected chi connectivity index (χ3v) is 1.70. The molecule has 1 atom stereocenters. The third kappa shape index (κ3) is 2.72. The van der Waals surface area contributed by atoms with E-state index in [4.69, 9.17) is 21.4 Å². The van der Waals surface area contributed by atoms with E-state index in [1.165, 1.54) is 6.92 Å². The van der Waals surface area contributed by atoms with Gasteiger partial charge in [0.25, 0.3) is 0 Å².